The van der Waals surface area contributed by atoms with Gasteiger partial charge in [-0.1, -0.05) is 60.7 Å². The average Bonchev–Trinajstić information content (AvgIpc) is 2.55. The molecule has 0 spiro atoms. The molecule has 1 aliphatic rings. The highest BCUT2D eigenvalue weighted by Gasteiger charge is 2.10. The zero-order chi connectivity index (χ0) is 13.6. The Morgan fingerprint density at radius 2 is 1.20 bits per heavy atom. The average molecular weight is 263 g/mol. The molecule has 0 aliphatic carbocycles. The molecule has 1 aliphatic heterocycles. The molecule has 0 aromatic heterocycles. The van der Waals surface area contributed by atoms with Gasteiger partial charge in [-0.15, -0.1) is 0 Å². The topological polar surface area (TPSA) is 3.24 Å². The second kappa shape index (κ2) is 6.42. The molecular formula is C19H21N. The van der Waals surface area contributed by atoms with Crippen molar-refractivity contribution < 1.29 is 0 Å². The van der Waals surface area contributed by atoms with Crippen molar-refractivity contribution >= 4 is 5.57 Å². The lowest BCUT2D eigenvalue weighted by molar-refractivity contribution is 0.310. The summed E-state index contributed by atoms with van der Waals surface area (Å²) in [4.78, 5) is 2.47. The third-order valence-electron chi connectivity index (χ3n) is 3.87. The second-order valence-electron chi connectivity index (χ2n) is 5.37. The van der Waals surface area contributed by atoms with Gasteiger partial charge >= 0.3 is 0 Å². The Morgan fingerprint density at radius 3 is 1.70 bits per heavy atom. The third kappa shape index (κ3) is 3.11. The highest BCUT2D eigenvalue weighted by Crippen LogP contribution is 2.24. The molecule has 102 valence electrons. The molecule has 0 saturated carbocycles. The van der Waals surface area contributed by atoms with Gasteiger partial charge in [0.05, 0.1) is 0 Å². The van der Waals surface area contributed by atoms with Gasteiger partial charge in [0.2, 0.25) is 0 Å². The van der Waals surface area contributed by atoms with Gasteiger partial charge in [-0.3, -0.25) is 0 Å². The van der Waals surface area contributed by atoms with Crippen LogP contribution in [0.15, 0.2) is 66.9 Å². The van der Waals surface area contributed by atoms with Gasteiger partial charge < -0.3 is 4.90 Å². The molecule has 1 saturated heterocycles. The van der Waals surface area contributed by atoms with Crippen LogP contribution in [-0.2, 0) is 0 Å². The molecule has 0 N–H and O–H groups in total. The van der Waals surface area contributed by atoms with Crippen molar-refractivity contribution in [3.8, 4) is 0 Å². The van der Waals surface area contributed by atoms with Crippen molar-refractivity contribution in [2.24, 2.45) is 0 Å². The number of hydrogen-bond acceptors (Lipinski definition) is 1. The van der Waals surface area contributed by atoms with Gasteiger partial charge in [0.25, 0.3) is 0 Å². The van der Waals surface area contributed by atoms with Crippen molar-refractivity contribution in [1.82, 2.24) is 4.90 Å². The minimum absolute atomic E-state index is 1.18. The number of piperidine rings is 1. The van der Waals surface area contributed by atoms with E-state index in [1.54, 1.807) is 0 Å². The maximum atomic E-state index is 2.47. The minimum Gasteiger partial charge on any atom is -0.377 e. The van der Waals surface area contributed by atoms with E-state index in [9.17, 15) is 0 Å². The number of likely N-dealkylation sites (tertiary alicyclic amines) is 1. The summed E-state index contributed by atoms with van der Waals surface area (Å²) in [6.45, 7) is 2.37. The molecule has 20 heavy (non-hydrogen) atoms. The lowest BCUT2D eigenvalue weighted by Crippen LogP contribution is -2.24. The summed E-state index contributed by atoms with van der Waals surface area (Å²) in [5, 5.41) is 0. The van der Waals surface area contributed by atoms with Gasteiger partial charge in [0.15, 0.2) is 0 Å². The molecule has 1 nitrogen and oxygen atoms in total. The van der Waals surface area contributed by atoms with Crippen LogP contribution in [0, 0.1) is 0 Å². The molecular weight excluding hydrogens is 242 g/mol. The zero-order valence-corrected chi connectivity index (χ0v) is 11.8. The molecule has 0 unspecified atom stereocenters. The molecule has 0 radical (unpaired) electrons. The summed E-state index contributed by atoms with van der Waals surface area (Å²) in [7, 11) is 0. The van der Waals surface area contributed by atoms with Crippen LogP contribution < -0.4 is 0 Å². The van der Waals surface area contributed by atoms with Crippen LogP contribution in [-0.4, -0.2) is 18.0 Å². The Bertz CT molecular complexity index is 509. The van der Waals surface area contributed by atoms with Gasteiger partial charge in [0.1, 0.15) is 0 Å². The quantitative estimate of drug-likeness (QED) is 0.784. The van der Waals surface area contributed by atoms with Gasteiger partial charge in [-0.05, 0) is 30.4 Å². The summed E-state index contributed by atoms with van der Waals surface area (Å²) >= 11 is 0. The fourth-order valence-corrected chi connectivity index (χ4v) is 2.78. The molecule has 0 bridgehead atoms. The summed E-state index contributed by atoms with van der Waals surface area (Å²) in [5.74, 6) is 0. The monoisotopic (exact) mass is 263 g/mol. The Hall–Kier alpha value is -2.02. The lowest BCUT2D eigenvalue weighted by atomic mass is 9.98. The molecule has 2 aromatic rings. The summed E-state index contributed by atoms with van der Waals surface area (Å²) in [6, 6.07) is 21.4. The van der Waals surface area contributed by atoms with Crippen LogP contribution in [0.2, 0.25) is 0 Å². The van der Waals surface area contributed by atoms with Crippen molar-refractivity contribution in [2.75, 3.05) is 13.1 Å². The SMILES string of the molecule is C(=C(c1ccccc1)c1ccccc1)N1CCCCC1. The lowest BCUT2D eigenvalue weighted by Gasteiger charge is -2.26. The van der Waals surface area contributed by atoms with Crippen molar-refractivity contribution in [1.29, 1.82) is 0 Å². The van der Waals surface area contributed by atoms with Crippen LogP contribution in [0.3, 0.4) is 0 Å². The molecule has 1 heteroatoms. The molecule has 1 heterocycles. The number of nitrogens with zero attached hydrogens (tertiary/aromatic N) is 1. The molecule has 3 rings (SSSR count). The van der Waals surface area contributed by atoms with E-state index in [1.165, 1.54) is 49.1 Å². The minimum atomic E-state index is 1.18. The van der Waals surface area contributed by atoms with Crippen LogP contribution >= 0.6 is 0 Å². The predicted octanol–water partition coefficient (Wildman–Crippen LogP) is 4.56. The van der Waals surface area contributed by atoms with Crippen LogP contribution in [0.4, 0.5) is 0 Å². The van der Waals surface area contributed by atoms with Crippen molar-refractivity contribution in [3.63, 3.8) is 0 Å². The van der Waals surface area contributed by atoms with E-state index < -0.39 is 0 Å². The maximum Gasteiger partial charge on any atom is 0.0172 e. The third-order valence-corrected chi connectivity index (χ3v) is 3.87. The zero-order valence-electron chi connectivity index (χ0n) is 11.8. The highest BCUT2D eigenvalue weighted by molar-refractivity contribution is 5.79. The van der Waals surface area contributed by atoms with E-state index in [1.807, 2.05) is 0 Å². The smallest absolute Gasteiger partial charge is 0.0172 e. The summed E-state index contributed by atoms with van der Waals surface area (Å²) in [5.41, 5.74) is 3.92. The van der Waals surface area contributed by atoms with Gasteiger partial charge in [0, 0.05) is 24.9 Å². The van der Waals surface area contributed by atoms with Crippen molar-refractivity contribution in [3.05, 3.63) is 78.0 Å². The first-order valence-electron chi connectivity index (χ1n) is 7.50. The Balaban J connectivity index is 1.97. The molecule has 0 atom stereocenters. The van der Waals surface area contributed by atoms with Crippen molar-refractivity contribution in [2.45, 2.75) is 19.3 Å². The fourth-order valence-electron chi connectivity index (χ4n) is 2.78. The Morgan fingerprint density at radius 1 is 0.700 bits per heavy atom. The standard InChI is InChI=1S/C19H21N/c1-4-10-17(11-5-1)19(18-12-6-2-7-13-18)16-20-14-8-3-9-15-20/h1-2,4-7,10-13,16H,3,8-9,14-15H2. The number of hydrogen-bond donors (Lipinski definition) is 0. The fraction of sp³-hybridized carbons (Fsp3) is 0.263. The normalized spacial score (nSPS) is 14.9. The van der Waals surface area contributed by atoms with Gasteiger partial charge in [-0.25, -0.2) is 0 Å². The van der Waals surface area contributed by atoms with E-state index >= 15 is 0 Å². The van der Waals surface area contributed by atoms with E-state index in [-0.39, 0.29) is 0 Å². The first-order chi connectivity index (χ1) is 9.93. The van der Waals surface area contributed by atoms with E-state index in [2.05, 4.69) is 71.8 Å². The Kier molecular flexibility index (Phi) is 4.17. The second-order valence-corrected chi connectivity index (χ2v) is 5.37. The van der Waals surface area contributed by atoms with E-state index in [4.69, 9.17) is 0 Å². The van der Waals surface area contributed by atoms with E-state index in [0.29, 0.717) is 0 Å². The molecule has 2 aromatic carbocycles. The highest BCUT2D eigenvalue weighted by atomic mass is 15.1. The summed E-state index contributed by atoms with van der Waals surface area (Å²) in [6.07, 6.45) is 6.35. The maximum absolute atomic E-state index is 2.47. The summed E-state index contributed by atoms with van der Waals surface area (Å²) < 4.78 is 0. The first kappa shape index (κ1) is 13.0. The van der Waals surface area contributed by atoms with Crippen LogP contribution in [0.5, 0.6) is 0 Å². The number of benzene rings is 2. The molecule has 0 amide bonds. The first-order valence-corrected chi connectivity index (χ1v) is 7.50. The Labute approximate surface area is 121 Å². The van der Waals surface area contributed by atoms with Gasteiger partial charge in [-0.2, -0.15) is 0 Å². The van der Waals surface area contributed by atoms with Crippen LogP contribution in [0.1, 0.15) is 30.4 Å². The van der Waals surface area contributed by atoms with Crippen LogP contribution in [0.25, 0.3) is 5.57 Å². The number of rotatable bonds is 3. The largest absolute Gasteiger partial charge is 0.377 e. The van der Waals surface area contributed by atoms with E-state index in [0.717, 1.165) is 0 Å². The predicted molar refractivity (Wildman–Crippen MR) is 85.4 cm³/mol. The molecule has 1 fully saturated rings.